The fraction of sp³-hybridized carbons (Fsp3) is 0.278. The summed E-state index contributed by atoms with van der Waals surface area (Å²) in [6.07, 6.45) is 1.51. The second-order valence-corrected chi connectivity index (χ2v) is 7.10. The van der Waals surface area contributed by atoms with Crippen molar-refractivity contribution in [3.8, 4) is 22.7 Å². The standard InChI is InChI=1S/C18H17N5S/c1-18(2,3)16-11-24-17(23-16)13-6-4-12(5-7-13)10-22-15(9-20)14(21)8-19/h4-7,10-11,15,21H,1-3H3/t15-/m1/s1. The summed E-state index contributed by atoms with van der Waals surface area (Å²) < 4.78 is 0. The minimum atomic E-state index is -1.05. The number of nitrogens with one attached hydrogen (secondary N) is 1. The molecule has 0 bridgehead atoms. The molecule has 0 aliphatic rings. The van der Waals surface area contributed by atoms with E-state index in [9.17, 15) is 0 Å². The number of aromatic nitrogens is 1. The highest BCUT2D eigenvalue weighted by atomic mass is 32.1. The first-order valence-electron chi connectivity index (χ1n) is 7.33. The average molecular weight is 335 g/mol. The predicted octanol–water partition coefficient (Wildman–Crippen LogP) is 3.96. The molecule has 0 aliphatic heterocycles. The molecule has 0 spiro atoms. The first-order valence-corrected chi connectivity index (χ1v) is 8.21. The Hall–Kier alpha value is -2.83. The number of hydrogen-bond acceptors (Lipinski definition) is 6. The molecule has 6 heteroatoms. The van der Waals surface area contributed by atoms with Crippen molar-refractivity contribution < 1.29 is 0 Å². The third-order valence-corrected chi connectivity index (χ3v) is 4.21. The first kappa shape index (κ1) is 17.5. The van der Waals surface area contributed by atoms with E-state index in [1.807, 2.05) is 30.3 Å². The van der Waals surface area contributed by atoms with Crippen molar-refractivity contribution >= 4 is 23.3 Å². The topological polar surface area (TPSA) is 96.7 Å². The molecule has 1 aromatic heterocycles. The lowest BCUT2D eigenvalue weighted by Gasteiger charge is -2.14. The van der Waals surface area contributed by atoms with Crippen LogP contribution >= 0.6 is 11.3 Å². The molecule has 0 fully saturated rings. The summed E-state index contributed by atoms with van der Waals surface area (Å²) in [6.45, 7) is 6.40. The maximum atomic E-state index is 8.90. The van der Waals surface area contributed by atoms with Crippen LogP contribution in [0.25, 0.3) is 10.6 Å². The predicted molar refractivity (Wildman–Crippen MR) is 96.6 cm³/mol. The fourth-order valence-electron chi connectivity index (χ4n) is 1.86. The lowest BCUT2D eigenvalue weighted by Crippen LogP contribution is -2.13. The highest BCUT2D eigenvalue weighted by Gasteiger charge is 2.17. The Morgan fingerprint density at radius 3 is 2.46 bits per heavy atom. The molecule has 0 saturated carbocycles. The Labute approximate surface area is 145 Å². The molecule has 2 aromatic rings. The summed E-state index contributed by atoms with van der Waals surface area (Å²) in [5.41, 5.74) is 2.56. The summed E-state index contributed by atoms with van der Waals surface area (Å²) in [5.74, 6) is 0. The number of nitrogens with zero attached hydrogens (tertiary/aromatic N) is 4. The van der Waals surface area contributed by atoms with Crippen LogP contribution in [0.4, 0.5) is 0 Å². The summed E-state index contributed by atoms with van der Waals surface area (Å²) in [5, 5.41) is 28.0. The smallest absolute Gasteiger partial charge is 0.187 e. The summed E-state index contributed by atoms with van der Waals surface area (Å²) in [4.78, 5) is 8.66. The molecule has 0 unspecified atom stereocenters. The van der Waals surface area contributed by atoms with Crippen molar-refractivity contribution in [2.45, 2.75) is 32.2 Å². The number of thiazole rings is 1. The third kappa shape index (κ3) is 4.13. The highest BCUT2D eigenvalue weighted by Crippen LogP contribution is 2.29. The van der Waals surface area contributed by atoms with Crippen LogP contribution < -0.4 is 0 Å². The third-order valence-electron chi connectivity index (χ3n) is 3.32. The quantitative estimate of drug-likeness (QED) is 0.856. The second-order valence-electron chi connectivity index (χ2n) is 6.25. The molecule has 2 rings (SSSR count). The molecule has 1 aromatic carbocycles. The van der Waals surface area contributed by atoms with Gasteiger partial charge in [0, 0.05) is 22.6 Å². The van der Waals surface area contributed by atoms with E-state index in [0.717, 1.165) is 21.8 Å². The Morgan fingerprint density at radius 2 is 1.96 bits per heavy atom. The monoisotopic (exact) mass is 335 g/mol. The molecule has 24 heavy (non-hydrogen) atoms. The Balaban J connectivity index is 2.17. The number of rotatable bonds is 4. The SMILES string of the molecule is CC(C)(C)c1csc(-c2ccc(C=N[C@H](C#N)C(=N)C#N)cc2)n1. The number of benzene rings is 1. The summed E-state index contributed by atoms with van der Waals surface area (Å²) in [7, 11) is 0. The highest BCUT2D eigenvalue weighted by molar-refractivity contribution is 7.13. The van der Waals surface area contributed by atoms with Gasteiger partial charge in [-0.2, -0.15) is 10.5 Å². The largest absolute Gasteiger partial charge is 0.291 e. The maximum Gasteiger partial charge on any atom is 0.187 e. The van der Waals surface area contributed by atoms with Crippen LogP contribution in [0.2, 0.25) is 0 Å². The van der Waals surface area contributed by atoms with Crippen LogP contribution in [0.1, 0.15) is 32.0 Å². The normalized spacial score (nSPS) is 12.5. The number of nitriles is 2. The van der Waals surface area contributed by atoms with Crippen LogP contribution in [-0.4, -0.2) is 23.0 Å². The second kappa shape index (κ2) is 7.16. The summed E-state index contributed by atoms with van der Waals surface area (Å²) in [6, 6.07) is 10.1. The van der Waals surface area contributed by atoms with E-state index in [4.69, 9.17) is 15.9 Å². The van der Waals surface area contributed by atoms with Crippen molar-refractivity contribution in [2.24, 2.45) is 4.99 Å². The molecule has 0 amide bonds. The van der Waals surface area contributed by atoms with E-state index < -0.39 is 6.04 Å². The lowest BCUT2D eigenvalue weighted by molar-refractivity contribution is 0.573. The molecule has 0 radical (unpaired) electrons. The van der Waals surface area contributed by atoms with Gasteiger partial charge in [0.25, 0.3) is 0 Å². The van der Waals surface area contributed by atoms with E-state index in [1.54, 1.807) is 17.4 Å². The zero-order chi connectivity index (χ0) is 17.7. The molecule has 120 valence electrons. The summed E-state index contributed by atoms with van der Waals surface area (Å²) >= 11 is 1.61. The van der Waals surface area contributed by atoms with E-state index in [-0.39, 0.29) is 11.1 Å². The van der Waals surface area contributed by atoms with Crippen LogP contribution in [0, 0.1) is 28.1 Å². The van der Waals surface area contributed by atoms with Crippen molar-refractivity contribution in [2.75, 3.05) is 0 Å². The Bertz CT molecular complexity index is 841. The molecular weight excluding hydrogens is 318 g/mol. The van der Waals surface area contributed by atoms with Gasteiger partial charge >= 0.3 is 0 Å². The van der Waals surface area contributed by atoms with Crippen molar-refractivity contribution in [3.63, 3.8) is 0 Å². The number of hydrogen-bond donors (Lipinski definition) is 1. The van der Waals surface area contributed by atoms with Crippen LogP contribution in [0.3, 0.4) is 0 Å². The van der Waals surface area contributed by atoms with Crippen LogP contribution in [-0.2, 0) is 5.41 Å². The zero-order valence-electron chi connectivity index (χ0n) is 13.7. The van der Waals surface area contributed by atoms with E-state index in [0.29, 0.717) is 0 Å². The fourth-order valence-corrected chi connectivity index (χ4v) is 2.91. The van der Waals surface area contributed by atoms with Gasteiger partial charge in [-0.1, -0.05) is 45.0 Å². The van der Waals surface area contributed by atoms with Gasteiger partial charge in [-0.15, -0.1) is 11.3 Å². The van der Waals surface area contributed by atoms with Gasteiger partial charge in [-0.25, -0.2) is 4.98 Å². The van der Waals surface area contributed by atoms with E-state index >= 15 is 0 Å². The van der Waals surface area contributed by atoms with Crippen molar-refractivity contribution in [3.05, 3.63) is 40.9 Å². The molecule has 0 saturated heterocycles. The van der Waals surface area contributed by atoms with Gasteiger partial charge in [0.05, 0.1) is 11.8 Å². The average Bonchev–Trinajstić information content (AvgIpc) is 3.06. The van der Waals surface area contributed by atoms with Gasteiger partial charge < -0.3 is 0 Å². The Kier molecular flexibility index (Phi) is 5.23. The van der Waals surface area contributed by atoms with Crippen molar-refractivity contribution in [1.29, 1.82) is 15.9 Å². The van der Waals surface area contributed by atoms with E-state index in [1.165, 1.54) is 6.21 Å². The minimum absolute atomic E-state index is 0.0267. The maximum absolute atomic E-state index is 8.90. The zero-order valence-corrected chi connectivity index (χ0v) is 14.6. The Morgan fingerprint density at radius 1 is 1.29 bits per heavy atom. The minimum Gasteiger partial charge on any atom is -0.291 e. The molecule has 5 nitrogen and oxygen atoms in total. The van der Waals surface area contributed by atoms with Crippen LogP contribution in [0.5, 0.6) is 0 Å². The van der Waals surface area contributed by atoms with Gasteiger partial charge in [-0.05, 0) is 5.56 Å². The first-order chi connectivity index (χ1) is 11.3. The molecule has 1 N–H and O–H groups in total. The van der Waals surface area contributed by atoms with E-state index in [2.05, 4.69) is 36.1 Å². The van der Waals surface area contributed by atoms with Gasteiger partial charge in [-0.3, -0.25) is 10.4 Å². The molecular formula is C18H17N5S. The molecule has 1 heterocycles. The van der Waals surface area contributed by atoms with Gasteiger partial charge in [0.15, 0.2) is 6.04 Å². The van der Waals surface area contributed by atoms with Gasteiger partial charge in [0.1, 0.15) is 16.8 Å². The lowest BCUT2D eigenvalue weighted by atomic mass is 9.93. The van der Waals surface area contributed by atoms with Gasteiger partial charge in [0.2, 0.25) is 0 Å². The van der Waals surface area contributed by atoms with Crippen LogP contribution in [0.15, 0.2) is 34.6 Å². The molecule has 0 aliphatic carbocycles. The van der Waals surface area contributed by atoms with Crippen molar-refractivity contribution in [1.82, 2.24) is 4.98 Å². The molecule has 1 atom stereocenters. The number of aliphatic imine (C=N–C) groups is 1.